The highest BCUT2D eigenvalue weighted by atomic mass is 15.1. The first-order valence-corrected chi connectivity index (χ1v) is 5.65. The second kappa shape index (κ2) is 5.24. The van der Waals surface area contributed by atoms with Crippen LogP contribution in [0.15, 0.2) is 24.3 Å². The SMILES string of the molecule is N#CC#Cc1cccc(N2CCCCC2)c1. The Bertz CT molecular complexity index is 454. The zero-order valence-corrected chi connectivity index (χ0v) is 9.24. The van der Waals surface area contributed by atoms with Crippen molar-refractivity contribution in [3.8, 4) is 17.9 Å². The predicted molar refractivity (Wildman–Crippen MR) is 65.0 cm³/mol. The molecule has 1 saturated heterocycles. The zero-order chi connectivity index (χ0) is 11.2. The molecule has 0 amide bonds. The van der Waals surface area contributed by atoms with E-state index >= 15 is 0 Å². The quantitative estimate of drug-likeness (QED) is 0.666. The maximum atomic E-state index is 8.41. The van der Waals surface area contributed by atoms with Crippen molar-refractivity contribution in [2.75, 3.05) is 18.0 Å². The summed E-state index contributed by atoms with van der Waals surface area (Å²) in [4.78, 5) is 2.39. The van der Waals surface area contributed by atoms with Gasteiger partial charge in [-0.25, -0.2) is 0 Å². The number of rotatable bonds is 1. The normalized spacial score (nSPS) is 14.8. The zero-order valence-electron chi connectivity index (χ0n) is 9.24. The minimum absolute atomic E-state index is 0.921. The minimum Gasteiger partial charge on any atom is -0.372 e. The Morgan fingerprint density at radius 3 is 2.69 bits per heavy atom. The van der Waals surface area contributed by atoms with Crippen molar-refractivity contribution in [2.24, 2.45) is 0 Å². The topological polar surface area (TPSA) is 27.0 Å². The Balaban J connectivity index is 2.18. The first-order chi connectivity index (χ1) is 7.90. The van der Waals surface area contributed by atoms with Crippen LogP contribution in [0.3, 0.4) is 0 Å². The van der Waals surface area contributed by atoms with Gasteiger partial charge in [0.15, 0.2) is 6.07 Å². The summed E-state index contributed by atoms with van der Waals surface area (Å²) in [7, 11) is 0. The van der Waals surface area contributed by atoms with E-state index in [0.29, 0.717) is 0 Å². The third-order valence-corrected chi connectivity index (χ3v) is 2.83. The van der Waals surface area contributed by atoms with E-state index in [1.54, 1.807) is 0 Å². The molecule has 1 aliphatic heterocycles. The number of benzene rings is 1. The molecule has 1 heterocycles. The number of nitriles is 1. The summed E-state index contributed by atoms with van der Waals surface area (Å²) in [6.45, 7) is 2.27. The molecule has 0 bridgehead atoms. The fourth-order valence-corrected chi connectivity index (χ4v) is 2.03. The smallest absolute Gasteiger partial charge is 0.152 e. The van der Waals surface area contributed by atoms with Gasteiger partial charge in [-0.15, -0.1) is 0 Å². The van der Waals surface area contributed by atoms with Crippen LogP contribution < -0.4 is 4.90 Å². The lowest BCUT2D eigenvalue weighted by Crippen LogP contribution is -2.29. The van der Waals surface area contributed by atoms with Gasteiger partial charge in [0, 0.05) is 30.3 Å². The second-order valence-electron chi connectivity index (χ2n) is 3.96. The van der Waals surface area contributed by atoms with Crippen molar-refractivity contribution >= 4 is 5.69 Å². The standard InChI is InChI=1S/C14H14N2/c15-9-5-7-13-6-4-8-14(12-13)16-10-2-1-3-11-16/h4,6,8,12H,1-3,10-11H2. The summed E-state index contributed by atoms with van der Waals surface area (Å²) in [5, 5.41) is 8.41. The average Bonchev–Trinajstić information content (AvgIpc) is 2.38. The Kier molecular flexibility index (Phi) is 3.46. The Morgan fingerprint density at radius 2 is 1.94 bits per heavy atom. The summed E-state index contributed by atoms with van der Waals surface area (Å²) >= 11 is 0. The number of nitrogens with zero attached hydrogens (tertiary/aromatic N) is 2. The maximum absolute atomic E-state index is 8.41. The molecule has 0 aliphatic carbocycles. The maximum Gasteiger partial charge on any atom is 0.152 e. The molecule has 1 aromatic carbocycles. The Hall–Kier alpha value is -1.93. The van der Waals surface area contributed by atoms with E-state index < -0.39 is 0 Å². The highest BCUT2D eigenvalue weighted by Crippen LogP contribution is 2.20. The van der Waals surface area contributed by atoms with Gasteiger partial charge in [-0.2, -0.15) is 5.26 Å². The van der Waals surface area contributed by atoms with E-state index in [1.165, 1.54) is 24.9 Å². The molecule has 0 aromatic heterocycles. The van der Waals surface area contributed by atoms with E-state index in [1.807, 2.05) is 18.2 Å². The van der Waals surface area contributed by atoms with Crippen molar-refractivity contribution in [3.63, 3.8) is 0 Å². The van der Waals surface area contributed by atoms with Crippen LogP contribution in [0.25, 0.3) is 0 Å². The Labute approximate surface area is 96.5 Å². The van der Waals surface area contributed by atoms with Gasteiger partial charge in [0.05, 0.1) is 0 Å². The van der Waals surface area contributed by atoms with Gasteiger partial charge in [0.1, 0.15) is 0 Å². The average molecular weight is 210 g/mol. The molecule has 1 aromatic rings. The second-order valence-corrected chi connectivity index (χ2v) is 3.96. The highest BCUT2D eigenvalue weighted by molar-refractivity contribution is 5.53. The van der Waals surface area contributed by atoms with Gasteiger partial charge < -0.3 is 4.90 Å². The van der Waals surface area contributed by atoms with Crippen molar-refractivity contribution in [2.45, 2.75) is 19.3 Å². The van der Waals surface area contributed by atoms with Gasteiger partial charge in [0.2, 0.25) is 0 Å². The van der Waals surface area contributed by atoms with Crippen LogP contribution in [0, 0.1) is 23.2 Å². The summed E-state index contributed by atoms with van der Waals surface area (Å²) in [5.74, 6) is 5.27. The van der Waals surface area contributed by atoms with Gasteiger partial charge in [-0.05, 0) is 37.5 Å². The number of anilines is 1. The summed E-state index contributed by atoms with van der Waals surface area (Å²) < 4.78 is 0. The number of piperidine rings is 1. The molecule has 1 aliphatic rings. The van der Waals surface area contributed by atoms with E-state index in [-0.39, 0.29) is 0 Å². The minimum atomic E-state index is 0.921. The molecule has 2 nitrogen and oxygen atoms in total. The molecular formula is C14H14N2. The predicted octanol–water partition coefficient (Wildman–Crippen LogP) is 2.55. The molecule has 0 N–H and O–H groups in total. The molecule has 0 spiro atoms. The molecule has 2 rings (SSSR count). The van der Waals surface area contributed by atoms with Crippen LogP contribution in [-0.2, 0) is 0 Å². The van der Waals surface area contributed by atoms with Gasteiger partial charge >= 0.3 is 0 Å². The van der Waals surface area contributed by atoms with Crippen LogP contribution in [0.4, 0.5) is 5.69 Å². The van der Waals surface area contributed by atoms with Crippen LogP contribution in [-0.4, -0.2) is 13.1 Å². The molecule has 0 radical (unpaired) electrons. The lowest BCUT2D eigenvalue weighted by molar-refractivity contribution is 0.578. The fourth-order valence-electron chi connectivity index (χ4n) is 2.03. The van der Waals surface area contributed by atoms with Gasteiger partial charge in [-0.1, -0.05) is 12.0 Å². The van der Waals surface area contributed by atoms with Crippen molar-refractivity contribution in [3.05, 3.63) is 29.8 Å². The summed E-state index contributed by atoms with van der Waals surface area (Å²) in [6.07, 6.45) is 3.88. The van der Waals surface area contributed by atoms with E-state index in [2.05, 4.69) is 28.9 Å². The van der Waals surface area contributed by atoms with E-state index in [0.717, 1.165) is 18.7 Å². The molecule has 80 valence electrons. The molecule has 16 heavy (non-hydrogen) atoms. The third-order valence-electron chi connectivity index (χ3n) is 2.83. The van der Waals surface area contributed by atoms with Crippen molar-refractivity contribution in [1.82, 2.24) is 0 Å². The van der Waals surface area contributed by atoms with Crippen LogP contribution >= 0.6 is 0 Å². The third kappa shape index (κ3) is 2.55. The van der Waals surface area contributed by atoms with Crippen LogP contribution in [0.5, 0.6) is 0 Å². The van der Waals surface area contributed by atoms with E-state index in [4.69, 9.17) is 5.26 Å². The van der Waals surface area contributed by atoms with Crippen molar-refractivity contribution in [1.29, 1.82) is 5.26 Å². The first-order valence-electron chi connectivity index (χ1n) is 5.65. The number of hydrogen-bond donors (Lipinski definition) is 0. The van der Waals surface area contributed by atoms with Crippen LogP contribution in [0.2, 0.25) is 0 Å². The van der Waals surface area contributed by atoms with Gasteiger partial charge in [-0.3, -0.25) is 0 Å². The molecule has 0 atom stereocenters. The monoisotopic (exact) mass is 210 g/mol. The molecule has 0 saturated carbocycles. The number of hydrogen-bond acceptors (Lipinski definition) is 2. The molecule has 1 fully saturated rings. The molecule has 0 unspecified atom stereocenters. The van der Waals surface area contributed by atoms with E-state index in [9.17, 15) is 0 Å². The largest absolute Gasteiger partial charge is 0.372 e. The lowest BCUT2D eigenvalue weighted by atomic mass is 10.1. The fraction of sp³-hybridized carbons (Fsp3) is 0.357. The Morgan fingerprint density at radius 1 is 1.12 bits per heavy atom. The van der Waals surface area contributed by atoms with Gasteiger partial charge in [0.25, 0.3) is 0 Å². The molecule has 2 heteroatoms. The molecular weight excluding hydrogens is 196 g/mol. The first kappa shape index (κ1) is 10.6. The summed E-state index contributed by atoms with van der Waals surface area (Å²) in [6, 6.07) is 9.97. The highest BCUT2D eigenvalue weighted by Gasteiger charge is 2.10. The summed E-state index contributed by atoms with van der Waals surface area (Å²) in [5.41, 5.74) is 2.15. The van der Waals surface area contributed by atoms with Crippen molar-refractivity contribution < 1.29 is 0 Å². The lowest BCUT2D eigenvalue weighted by Gasteiger charge is -2.28. The van der Waals surface area contributed by atoms with Crippen LogP contribution in [0.1, 0.15) is 24.8 Å².